The molecule has 1 saturated heterocycles. The molecule has 0 bridgehead atoms. The van der Waals surface area contributed by atoms with Crippen LogP contribution < -0.4 is 5.32 Å². The van der Waals surface area contributed by atoms with Gasteiger partial charge in [0.25, 0.3) is 0 Å². The lowest BCUT2D eigenvalue weighted by Crippen LogP contribution is -2.51. The van der Waals surface area contributed by atoms with Gasteiger partial charge in [-0.15, -0.1) is 0 Å². The highest BCUT2D eigenvalue weighted by Crippen LogP contribution is 2.26. The molecule has 0 spiro atoms. The average Bonchev–Trinajstić information content (AvgIpc) is 2.45. The van der Waals surface area contributed by atoms with Crippen molar-refractivity contribution in [2.45, 2.75) is 71.5 Å². The summed E-state index contributed by atoms with van der Waals surface area (Å²) in [6, 6.07) is 0.726. The van der Waals surface area contributed by atoms with E-state index in [1.807, 2.05) is 0 Å². The van der Waals surface area contributed by atoms with Crippen LogP contribution in [-0.4, -0.2) is 35.1 Å². The van der Waals surface area contributed by atoms with Crippen LogP contribution in [0.25, 0.3) is 0 Å². The van der Waals surface area contributed by atoms with Gasteiger partial charge in [-0.2, -0.15) is 0 Å². The van der Waals surface area contributed by atoms with Crippen LogP contribution in [0.15, 0.2) is 0 Å². The lowest BCUT2D eigenvalue weighted by atomic mass is 10.0. The third-order valence-electron chi connectivity index (χ3n) is 3.11. The number of hydrogen-bond donors (Lipinski definition) is 1. The number of likely N-dealkylation sites (tertiary alicyclic amines) is 1. The first-order valence-corrected chi connectivity index (χ1v) is 6.22. The van der Waals surface area contributed by atoms with Gasteiger partial charge < -0.3 is 5.32 Å². The highest BCUT2D eigenvalue weighted by molar-refractivity contribution is 4.90. The van der Waals surface area contributed by atoms with Crippen LogP contribution in [0.2, 0.25) is 0 Å². The fraction of sp³-hybridized carbons (Fsp3) is 1.00. The monoisotopic (exact) mass is 212 g/mol. The summed E-state index contributed by atoms with van der Waals surface area (Å²) >= 11 is 0. The quantitative estimate of drug-likeness (QED) is 0.757. The molecule has 2 heteroatoms. The van der Waals surface area contributed by atoms with Gasteiger partial charge in [-0.25, -0.2) is 0 Å². The average molecular weight is 212 g/mol. The zero-order valence-corrected chi connectivity index (χ0v) is 11.4. The summed E-state index contributed by atoms with van der Waals surface area (Å²) in [4.78, 5) is 2.64. The molecule has 1 N–H and O–H groups in total. The van der Waals surface area contributed by atoms with E-state index in [4.69, 9.17) is 0 Å². The van der Waals surface area contributed by atoms with Crippen LogP contribution in [0.4, 0.5) is 0 Å². The van der Waals surface area contributed by atoms with E-state index in [0.717, 1.165) is 12.6 Å². The summed E-state index contributed by atoms with van der Waals surface area (Å²) in [5.41, 5.74) is 0.562. The molecule has 15 heavy (non-hydrogen) atoms. The van der Waals surface area contributed by atoms with Crippen LogP contribution in [0.3, 0.4) is 0 Å². The Bertz CT molecular complexity index is 198. The SMILES string of the molecule is CC(C)(C)NC[C@H]1CCCN1C(C)(C)C. The van der Waals surface area contributed by atoms with E-state index in [-0.39, 0.29) is 5.54 Å². The maximum absolute atomic E-state index is 3.62. The van der Waals surface area contributed by atoms with E-state index in [9.17, 15) is 0 Å². The minimum atomic E-state index is 0.242. The second-order valence-corrected chi connectivity index (χ2v) is 6.79. The molecule has 0 aromatic rings. The maximum Gasteiger partial charge on any atom is 0.0226 e. The molecule has 0 amide bonds. The van der Waals surface area contributed by atoms with E-state index in [1.165, 1.54) is 19.4 Å². The molecule has 0 unspecified atom stereocenters. The smallest absolute Gasteiger partial charge is 0.0226 e. The molecule has 2 nitrogen and oxygen atoms in total. The van der Waals surface area contributed by atoms with Crippen molar-refractivity contribution in [1.82, 2.24) is 10.2 Å². The normalized spacial score (nSPS) is 24.8. The van der Waals surface area contributed by atoms with Gasteiger partial charge in [0, 0.05) is 23.7 Å². The van der Waals surface area contributed by atoms with Crippen molar-refractivity contribution in [3.63, 3.8) is 0 Å². The minimum absolute atomic E-state index is 0.242. The van der Waals surface area contributed by atoms with Crippen LogP contribution in [0.1, 0.15) is 54.4 Å². The van der Waals surface area contributed by atoms with Crippen LogP contribution in [0.5, 0.6) is 0 Å². The first kappa shape index (κ1) is 13.0. The lowest BCUT2D eigenvalue weighted by molar-refractivity contribution is 0.116. The van der Waals surface area contributed by atoms with E-state index in [2.05, 4.69) is 51.8 Å². The Morgan fingerprint density at radius 2 is 1.73 bits per heavy atom. The Morgan fingerprint density at radius 1 is 1.13 bits per heavy atom. The third-order valence-corrected chi connectivity index (χ3v) is 3.11. The van der Waals surface area contributed by atoms with Crippen molar-refractivity contribution in [3.05, 3.63) is 0 Å². The Balaban J connectivity index is 2.48. The third kappa shape index (κ3) is 4.12. The topological polar surface area (TPSA) is 15.3 Å². The summed E-state index contributed by atoms with van der Waals surface area (Å²) in [6.07, 6.45) is 2.70. The largest absolute Gasteiger partial charge is 0.311 e. The molecule has 0 aromatic heterocycles. The van der Waals surface area contributed by atoms with Gasteiger partial charge in [-0.3, -0.25) is 4.90 Å². The molecule has 0 radical (unpaired) electrons. The molecule has 1 heterocycles. The Morgan fingerprint density at radius 3 is 2.20 bits per heavy atom. The maximum atomic E-state index is 3.62. The molecule has 0 saturated carbocycles. The highest BCUT2D eigenvalue weighted by atomic mass is 15.2. The van der Waals surface area contributed by atoms with Crippen LogP contribution >= 0.6 is 0 Å². The summed E-state index contributed by atoms with van der Waals surface area (Å²) in [6.45, 7) is 16.1. The predicted molar refractivity (Wildman–Crippen MR) is 67.2 cm³/mol. The van der Waals surface area contributed by atoms with Crippen LogP contribution in [0, 0.1) is 0 Å². The predicted octanol–water partition coefficient (Wildman–Crippen LogP) is 2.64. The fourth-order valence-corrected chi connectivity index (χ4v) is 2.36. The molecule has 1 atom stereocenters. The van der Waals surface area contributed by atoms with Crippen LogP contribution in [-0.2, 0) is 0 Å². The van der Waals surface area contributed by atoms with E-state index in [1.54, 1.807) is 0 Å². The summed E-state index contributed by atoms with van der Waals surface area (Å²) < 4.78 is 0. The fourth-order valence-electron chi connectivity index (χ4n) is 2.36. The van der Waals surface area contributed by atoms with Crippen molar-refractivity contribution < 1.29 is 0 Å². The van der Waals surface area contributed by atoms with Gasteiger partial charge >= 0.3 is 0 Å². The summed E-state index contributed by atoms with van der Waals surface area (Å²) in [5.74, 6) is 0. The van der Waals surface area contributed by atoms with Gasteiger partial charge in [-0.05, 0) is 60.9 Å². The van der Waals surface area contributed by atoms with E-state index in [0.29, 0.717) is 5.54 Å². The van der Waals surface area contributed by atoms with E-state index < -0.39 is 0 Å². The lowest BCUT2D eigenvalue weighted by Gasteiger charge is -2.38. The Hall–Kier alpha value is -0.0800. The molecule has 90 valence electrons. The summed E-state index contributed by atoms with van der Waals surface area (Å²) in [5, 5.41) is 3.62. The number of nitrogens with one attached hydrogen (secondary N) is 1. The molecule has 1 rings (SSSR count). The zero-order chi connectivity index (χ0) is 11.7. The second-order valence-electron chi connectivity index (χ2n) is 6.79. The second kappa shape index (κ2) is 4.42. The number of rotatable bonds is 2. The van der Waals surface area contributed by atoms with Gasteiger partial charge in [0.1, 0.15) is 0 Å². The number of nitrogens with zero attached hydrogens (tertiary/aromatic N) is 1. The standard InChI is InChI=1S/C13H28N2/c1-12(2,3)14-10-11-8-7-9-15(11)13(4,5)6/h11,14H,7-10H2,1-6H3/t11-/m1/s1. The molecule has 0 aliphatic carbocycles. The molecule has 1 aliphatic heterocycles. The summed E-state index contributed by atoms with van der Waals surface area (Å²) in [7, 11) is 0. The molecule has 1 aliphatic rings. The molecule has 1 fully saturated rings. The first-order valence-electron chi connectivity index (χ1n) is 6.22. The molecular formula is C13H28N2. The van der Waals surface area contributed by atoms with Gasteiger partial charge in [0.15, 0.2) is 0 Å². The Kier molecular flexibility index (Phi) is 3.83. The van der Waals surface area contributed by atoms with Crippen molar-refractivity contribution in [3.8, 4) is 0 Å². The van der Waals surface area contributed by atoms with Crippen molar-refractivity contribution in [2.75, 3.05) is 13.1 Å². The van der Waals surface area contributed by atoms with Gasteiger partial charge in [0.05, 0.1) is 0 Å². The van der Waals surface area contributed by atoms with Gasteiger partial charge in [-0.1, -0.05) is 0 Å². The Labute approximate surface area is 95.4 Å². The molecule has 0 aromatic carbocycles. The minimum Gasteiger partial charge on any atom is -0.311 e. The van der Waals surface area contributed by atoms with Crippen molar-refractivity contribution >= 4 is 0 Å². The van der Waals surface area contributed by atoms with Crippen molar-refractivity contribution in [1.29, 1.82) is 0 Å². The molecular weight excluding hydrogens is 184 g/mol. The van der Waals surface area contributed by atoms with E-state index >= 15 is 0 Å². The van der Waals surface area contributed by atoms with Gasteiger partial charge in [0.2, 0.25) is 0 Å². The number of hydrogen-bond acceptors (Lipinski definition) is 2. The highest BCUT2D eigenvalue weighted by Gasteiger charge is 2.32. The van der Waals surface area contributed by atoms with Crippen molar-refractivity contribution in [2.24, 2.45) is 0 Å². The first-order chi connectivity index (χ1) is 6.70. The zero-order valence-electron chi connectivity index (χ0n) is 11.4.